The van der Waals surface area contributed by atoms with Gasteiger partial charge >= 0.3 is 0 Å². The Kier molecular flexibility index (Phi) is 12.1. The molecule has 0 aliphatic carbocycles. The average Bonchev–Trinajstić information content (AvgIpc) is 1.50. The third kappa shape index (κ3) is 8.22. The Balaban J connectivity index is 1.00. The van der Waals surface area contributed by atoms with Crippen LogP contribution >= 0.6 is 0 Å². The minimum Gasteiger partial charge on any atom is -0.309 e. The van der Waals surface area contributed by atoms with Crippen LogP contribution in [-0.2, 0) is 0 Å². The molecule has 0 fully saturated rings. The lowest BCUT2D eigenvalue weighted by Crippen LogP contribution is -2.70. The number of fused-ring (bicyclic) bond motifs is 14. The maximum Gasteiger partial charge on any atom is 0.182 e. The topological polar surface area (TPSA) is 83.8 Å². The fourth-order valence-electron chi connectivity index (χ4n) is 14.4. The second kappa shape index (κ2) is 21.1. The van der Waals surface area contributed by atoms with Crippen LogP contribution in [0.1, 0.15) is 22.3 Å². The number of benzene rings is 12. The molecule has 18 rings (SSSR count). The lowest BCUT2D eigenvalue weighted by molar-refractivity contribution is 1.07. The van der Waals surface area contributed by atoms with Crippen molar-refractivity contribution in [3.05, 3.63) is 313 Å². The second-order valence-electron chi connectivity index (χ2n) is 23.3. The zero-order valence-corrected chi connectivity index (χ0v) is 50.1. The van der Waals surface area contributed by atoms with Crippen molar-refractivity contribution in [3.8, 4) is 90.6 Å². The summed E-state index contributed by atoms with van der Waals surface area (Å²) in [5, 5.41) is 5.00. The minimum absolute atomic E-state index is 0.568. The van der Waals surface area contributed by atoms with Gasteiger partial charge in [0.25, 0.3) is 0 Å². The van der Waals surface area contributed by atoms with Gasteiger partial charge in [-0.15, -0.1) is 0 Å². The highest BCUT2D eigenvalue weighted by Gasteiger charge is 2.57. The molecular formula is C82H52N8Si. The monoisotopic (exact) mass is 1180 g/mol. The molecule has 8 nitrogen and oxygen atoms in total. The molecule has 0 saturated carbocycles. The van der Waals surface area contributed by atoms with Crippen molar-refractivity contribution in [2.45, 2.75) is 0 Å². The first kappa shape index (κ1) is 52.1. The van der Waals surface area contributed by atoms with E-state index in [9.17, 15) is 0 Å². The fraction of sp³-hybridized carbons (Fsp3) is 0. The number of rotatable bonds is 8. The van der Waals surface area contributed by atoms with E-state index < -0.39 is 8.07 Å². The lowest BCUT2D eigenvalue weighted by atomic mass is 9.94. The Morgan fingerprint density at radius 2 is 0.440 bits per heavy atom. The van der Waals surface area contributed by atoms with Crippen molar-refractivity contribution in [2.75, 3.05) is 9.80 Å². The van der Waals surface area contributed by atoms with E-state index in [0.717, 1.165) is 101 Å². The SMILES string of the molecule is C1=Cc2ccccc2N(c2cccc3c2-c2c(N4c5ccccc5C=Cc5ccccc54)cccc2[Si]32c3cccc(-c4nc(-c5ccccc5)nc(-c5ccccc5)n4)c3-c3c(-c4nc(-c5ccccc5)nc(-c5ccccc5)n4)cccc32)c2ccccc21. The van der Waals surface area contributed by atoms with Gasteiger partial charge in [-0.3, -0.25) is 0 Å². The quantitative estimate of drug-likeness (QED) is 0.139. The summed E-state index contributed by atoms with van der Waals surface area (Å²) in [5.41, 5.74) is 20.9. The van der Waals surface area contributed by atoms with Gasteiger partial charge in [0, 0.05) is 44.5 Å². The summed E-state index contributed by atoms with van der Waals surface area (Å²) in [7, 11) is -3.60. The number of nitrogens with zero attached hydrogens (tertiary/aromatic N) is 8. The summed E-state index contributed by atoms with van der Waals surface area (Å²) in [6, 6.07) is 104. The van der Waals surface area contributed by atoms with Crippen LogP contribution in [0.15, 0.2) is 291 Å². The van der Waals surface area contributed by atoms with Crippen LogP contribution in [0.2, 0.25) is 0 Å². The molecule has 91 heavy (non-hydrogen) atoms. The third-order valence-corrected chi connectivity index (χ3v) is 23.2. The number of anilines is 6. The van der Waals surface area contributed by atoms with Crippen LogP contribution in [0.4, 0.5) is 34.1 Å². The fourth-order valence-corrected chi connectivity index (χ4v) is 20.1. The highest BCUT2D eigenvalue weighted by atomic mass is 28.3. The highest BCUT2D eigenvalue weighted by molar-refractivity contribution is 7.24. The summed E-state index contributed by atoms with van der Waals surface area (Å²) in [6.45, 7) is 0. The summed E-state index contributed by atoms with van der Waals surface area (Å²) in [5.74, 6) is 3.48. The zero-order valence-electron chi connectivity index (χ0n) is 49.1. The molecule has 0 amide bonds. The van der Waals surface area contributed by atoms with E-state index >= 15 is 0 Å². The molecule has 14 aromatic rings. The summed E-state index contributed by atoms with van der Waals surface area (Å²) in [6.07, 6.45) is 9.05. The van der Waals surface area contributed by atoms with Gasteiger partial charge in [0.2, 0.25) is 0 Å². The van der Waals surface area contributed by atoms with Crippen LogP contribution in [0.5, 0.6) is 0 Å². The van der Waals surface area contributed by atoms with Gasteiger partial charge in [0.05, 0.1) is 34.1 Å². The molecule has 6 heterocycles. The second-order valence-corrected chi connectivity index (χ2v) is 26.9. The van der Waals surface area contributed by atoms with Crippen LogP contribution < -0.4 is 30.5 Å². The van der Waals surface area contributed by atoms with Crippen LogP contribution in [0, 0.1) is 0 Å². The summed E-state index contributed by atoms with van der Waals surface area (Å²) < 4.78 is 0. The highest BCUT2D eigenvalue weighted by Crippen LogP contribution is 2.54. The van der Waals surface area contributed by atoms with Crippen molar-refractivity contribution in [1.82, 2.24) is 29.9 Å². The molecule has 1 spiro atoms. The van der Waals surface area contributed by atoms with Crippen molar-refractivity contribution >= 4 is 87.2 Å². The molecule has 9 heteroatoms. The molecule has 2 aromatic heterocycles. The van der Waals surface area contributed by atoms with E-state index in [1.165, 1.54) is 31.9 Å². The lowest BCUT2D eigenvalue weighted by Gasteiger charge is -2.32. The number of hydrogen-bond acceptors (Lipinski definition) is 8. The Morgan fingerprint density at radius 1 is 0.198 bits per heavy atom. The van der Waals surface area contributed by atoms with Crippen molar-refractivity contribution < 1.29 is 0 Å². The van der Waals surface area contributed by atoms with E-state index in [0.29, 0.717) is 34.9 Å². The van der Waals surface area contributed by atoms with Gasteiger partial charge in [0.1, 0.15) is 0 Å². The van der Waals surface area contributed by atoms with Gasteiger partial charge < -0.3 is 9.80 Å². The Labute approximate surface area is 527 Å². The molecule has 424 valence electrons. The summed E-state index contributed by atoms with van der Waals surface area (Å²) >= 11 is 0. The van der Waals surface area contributed by atoms with Crippen molar-refractivity contribution in [2.24, 2.45) is 0 Å². The van der Waals surface area contributed by atoms with Gasteiger partial charge in [-0.25, -0.2) is 29.9 Å². The van der Waals surface area contributed by atoms with Gasteiger partial charge in [0.15, 0.2) is 43.0 Å². The Bertz CT molecular complexity index is 4770. The summed E-state index contributed by atoms with van der Waals surface area (Å²) in [4.78, 5) is 37.7. The minimum atomic E-state index is -3.60. The van der Waals surface area contributed by atoms with Crippen LogP contribution in [0.3, 0.4) is 0 Å². The molecule has 0 bridgehead atoms. The van der Waals surface area contributed by atoms with E-state index in [2.05, 4.69) is 252 Å². The Hall–Kier alpha value is -12.0. The first-order chi connectivity index (χ1) is 45.2. The van der Waals surface area contributed by atoms with Crippen molar-refractivity contribution in [3.63, 3.8) is 0 Å². The van der Waals surface area contributed by atoms with E-state index in [4.69, 9.17) is 29.9 Å². The number of hydrogen-bond donors (Lipinski definition) is 0. The molecule has 0 unspecified atom stereocenters. The maximum absolute atomic E-state index is 5.54. The predicted molar refractivity (Wildman–Crippen MR) is 375 cm³/mol. The number of para-hydroxylation sites is 4. The standard InChI is InChI=1S/C82H52N8Si/c1-5-29-57(30-6-1)77-83-78(58-31-7-2-8-32-58)86-81(85-77)61-37-21-45-69-73(61)74-62(82-87-79(59-33-9-3-10-34-59)84-80(88-82)60-35-11-4-12-36-60)38-22-46-70(74)91(69)71-47-23-43-67(89-63-39-17-13-25-53(63)49-50-54-26-14-18-40-64(54)89)75(71)76-68(44-24-48-72(76)91)90-65-41-19-15-27-55(65)51-52-56-28-16-20-42-66(56)90/h1-52H. The van der Waals surface area contributed by atoms with E-state index in [1.54, 1.807) is 0 Å². The molecule has 0 radical (unpaired) electrons. The first-order valence-corrected chi connectivity index (χ1v) is 32.8. The molecular weight excluding hydrogens is 1130 g/mol. The maximum atomic E-state index is 5.54. The van der Waals surface area contributed by atoms with Crippen LogP contribution in [-0.4, -0.2) is 38.0 Å². The predicted octanol–water partition coefficient (Wildman–Crippen LogP) is 17.3. The van der Waals surface area contributed by atoms with Gasteiger partial charge in [-0.05, 0) is 90.5 Å². The molecule has 4 aliphatic heterocycles. The largest absolute Gasteiger partial charge is 0.309 e. The van der Waals surface area contributed by atoms with Gasteiger partial charge in [-0.2, -0.15) is 0 Å². The molecule has 12 aromatic carbocycles. The zero-order chi connectivity index (χ0) is 60.0. The first-order valence-electron chi connectivity index (χ1n) is 30.8. The average molecular weight is 1180 g/mol. The van der Waals surface area contributed by atoms with Gasteiger partial charge in [-0.1, -0.05) is 279 Å². The number of aromatic nitrogens is 6. The Morgan fingerprint density at radius 3 is 0.747 bits per heavy atom. The van der Waals surface area contributed by atoms with E-state index in [1.807, 2.05) is 72.8 Å². The molecule has 0 saturated heterocycles. The molecule has 0 N–H and O–H groups in total. The molecule has 0 atom stereocenters. The molecule has 4 aliphatic rings. The van der Waals surface area contributed by atoms with Crippen LogP contribution in [0.25, 0.3) is 115 Å². The van der Waals surface area contributed by atoms with E-state index in [-0.39, 0.29) is 0 Å². The smallest absolute Gasteiger partial charge is 0.182 e. The normalized spacial score (nSPS) is 13.2. The third-order valence-electron chi connectivity index (χ3n) is 18.3. The van der Waals surface area contributed by atoms with Crippen molar-refractivity contribution in [1.29, 1.82) is 0 Å².